The van der Waals surface area contributed by atoms with Gasteiger partial charge >= 0.3 is 5.97 Å². The van der Waals surface area contributed by atoms with Gasteiger partial charge in [-0.2, -0.15) is 0 Å². The molecular weight excluding hydrogens is 270 g/mol. The van der Waals surface area contributed by atoms with Crippen LogP contribution < -0.4 is 0 Å². The maximum absolute atomic E-state index is 12.4. The van der Waals surface area contributed by atoms with Gasteiger partial charge in [0.15, 0.2) is 0 Å². The van der Waals surface area contributed by atoms with Crippen molar-refractivity contribution < 1.29 is 14.7 Å². The van der Waals surface area contributed by atoms with Crippen LogP contribution in [0, 0.1) is 0 Å². The van der Waals surface area contributed by atoms with Gasteiger partial charge in [0.25, 0.3) is 0 Å². The van der Waals surface area contributed by atoms with Crippen molar-refractivity contribution in [3.05, 3.63) is 0 Å². The summed E-state index contributed by atoms with van der Waals surface area (Å²) in [6.45, 7) is 3.98. The Labute approximate surface area is 126 Å². The normalized spacial score (nSPS) is 26.1. The molecule has 0 bridgehead atoms. The number of carboxylic acids is 1. The van der Waals surface area contributed by atoms with Crippen LogP contribution in [0.25, 0.3) is 0 Å². The molecule has 1 atom stereocenters. The van der Waals surface area contributed by atoms with Crippen LogP contribution in [-0.4, -0.2) is 84.0 Å². The number of likely N-dealkylation sites (N-methyl/N-ethyl adjacent to an activating group) is 1. The molecule has 0 aromatic heterocycles. The zero-order valence-electron chi connectivity index (χ0n) is 13.0. The fraction of sp³-hybridized carbons (Fsp3) is 0.867. The van der Waals surface area contributed by atoms with Crippen LogP contribution >= 0.6 is 0 Å². The Hall–Kier alpha value is -1.14. The van der Waals surface area contributed by atoms with Gasteiger partial charge in [0.2, 0.25) is 5.91 Å². The van der Waals surface area contributed by atoms with Gasteiger partial charge in [-0.3, -0.25) is 19.4 Å². The Morgan fingerprint density at radius 3 is 2.24 bits per heavy atom. The number of piperazine rings is 1. The summed E-state index contributed by atoms with van der Waals surface area (Å²) in [4.78, 5) is 29.4. The van der Waals surface area contributed by atoms with E-state index < -0.39 is 12.0 Å². The molecule has 0 radical (unpaired) electrons. The molecule has 120 valence electrons. The summed E-state index contributed by atoms with van der Waals surface area (Å²) in [6.07, 6.45) is 6.13. The van der Waals surface area contributed by atoms with Crippen LogP contribution in [0.2, 0.25) is 0 Å². The van der Waals surface area contributed by atoms with Crippen molar-refractivity contribution in [2.24, 2.45) is 0 Å². The molecule has 0 aromatic carbocycles. The third kappa shape index (κ3) is 4.68. The lowest BCUT2D eigenvalue weighted by atomic mass is 10.1. The predicted octanol–water partition coefficient (Wildman–Crippen LogP) is 0.480. The number of hydrogen-bond donors (Lipinski definition) is 1. The van der Waals surface area contributed by atoms with E-state index in [1.807, 2.05) is 4.90 Å². The largest absolute Gasteiger partial charge is 0.480 e. The van der Waals surface area contributed by atoms with E-state index in [-0.39, 0.29) is 5.91 Å². The first-order valence-corrected chi connectivity index (χ1v) is 8.01. The van der Waals surface area contributed by atoms with Crippen LogP contribution in [0.15, 0.2) is 0 Å². The minimum atomic E-state index is -0.846. The molecule has 21 heavy (non-hydrogen) atoms. The molecule has 6 nitrogen and oxygen atoms in total. The molecule has 0 aromatic rings. The number of carbonyl (C=O) groups is 2. The molecule has 0 aliphatic carbocycles. The first kappa shape index (κ1) is 16.2. The Balaban J connectivity index is 1.85. The van der Waals surface area contributed by atoms with E-state index in [9.17, 15) is 14.7 Å². The summed E-state index contributed by atoms with van der Waals surface area (Å²) in [7, 11) is 1.80. The van der Waals surface area contributed by atoms with Crippen LogP contribution in [0.3, 0.4) is 0 Å². The van der Waals surface area contributed by atoms with E-state index in [4.69, 9.17) is 0 Å². The monoisotopic (exact) mass is 297 g/mol. The molecule has 2 aliphatic heterocycles. The molecule has 2 rings (SSSR count). The summed E-state index contributed by atoms with van der Waals surface area (Å²) >= 11 is 0. The van der Waals surface area contributed by atoms with E-state index in [2.05, 4.69) is 4.90 Å². The van der Waals surface area contributed by atoms with Crippen molar-refractivity contribution in [1.82, 2.24) is 14.7 Å². The van der Waals surface area contributed by atoms with Gasteiger partial charge in [-0.15, -0.1) is 0 Å². The minimum absolute atomic E-state index is 0.0786. The standard InChI is InChI=1S/C15H27N3O3/c1-16-9-10-18(11-13(16)15(20)21)14(19)12-17-7-5-3-2-4-6-8-17/h13H,2-12H2,1H3,(H,20,21)/t13-/m0/s1. The first-order chi connectivity index (χ1) is 10.1. The van der Waals surface area contributed by atoms with Gasteiger partial charge in [-0.25, -0.2) is 0 Å². The second kappa shape index (κ2) is 7.75. The Morgan fingerprint density at radius 1 is 1.00 bits per heavy atom. The number of carbonyl (C=O) groups excluding carboxylic acids is 1. The summed E-state index contributed by atoms with van der Waals surface area (Å²) in [5, 5.41) is 9.21. The fourth-order valence-electron chi connectivity index (χ4n) is 3.13. The maximum Gasteiger partial charge on any atom is 0.322 e. The van der Waals surface area contributed by atoms with Crippen molar-refractivity contribution in [2.75, 3.05) is 46.3 Å². The molecule has 6 heteroatoms. The Bertz CT molecular complexity index is 367. The second-order valence-corrected chi connectivity index (χ2v) is 6.22. The van der Waals surface area contributed by atoms with Crippen LogP contribution in [0.1, 0.15) is 32.1 Å². The minimum Gasteiger partial charge on any atom is -0.480 e. The summed E-state index contributed by atoms with van der Waals surface area (Å²) in [5.74, 6) is -0.767. The molecular formula is C15H27N3O3. The van der Waals surface area contributed by atoms with E-state index in [1.54, 1.807) is 11.9 Å². The lowest BCUT2D eigenvalue weighted by Crippen LogP contribution is -2.57. The maximum atomic E-state index is 12.4. The SMILES string of the molecule is CN1CCN(C(=O)CN2CCCCCCC2)C[C@H]1C(=O)O. The number of aliphatic carboxylic acids is 1. The number of rotatable bonds is 3. The second-order valence-electron chi connectivity index (χ2n) is 6.22. The number of hydrogen-bond acceptors (Lipinski definition) is 4. The van der Waals surface area contributed by atoms with Crippen molar-refractivity contribution in [2.45, 2.75) is 38.1 Å². The van der Waals surface area contributed by atoms with E-state index >= 15 is 0 Å². The highest BCUT2D eigenvalue weighted by molar-refractivity contribution is 5.80. The highest BCUT2D eigenvalue weighted by Crippen LogP contribution is 2.12. The Kier molecular flexibility index (Phi) is 5.99. The molecule has 2 fully saturated rings. The van der Waals surface area contributed by atoms with Gasteiger partial charge in [0, 0.05) is 19.6 Å². The molecule has 1 N–H and O–H groups in total. The molecule has 2 saturated heterocycles. The quantitative estimate of drug-likeness (QED) is 0.821. The average Bonchev–Trinajstić information content (AvgIpc) is 2.41. The predicted molar refractivity (Wildman–Crippen MR) is 80.2 cm³/mol. The van der Waals surface area contributed by atoms with Gasteiger partial charge in [-0.05, 0) is 33.0 Å². The van der Waals surface area contributed by atoms with Crippen LogP contribution in [-0.2, 0) is 9.59 Å². The van der Waals surface area contributed by atoms with Crippen molar-refractivity contribution >= 4 is 11.9 Å². The molecule has 0 saturated carbocycles. The molecule has 0 spiro atoms. The average molecular weight is 297 g/mol. The van der Waals surface area contributed by atoms with Gasteiger partial charge in [0.05, 0.1) is 6.54 Å². The third-order valence-electron chi connectivity index (χ3n) is 4.59. The van der Waals surface area contributed by atoms with Gasteiger partial charge in [-0.1, -0.05) is 19.3 Å². The smallest absolute Gasteiger partial charge is 0.322 e. The number of carboxylic acid groups (broad SMARTS) is 1. The van der Waals surface area contributed by atoms with E-state index in [0.717, 1.165) is 25.9 Å². The molecule has 2 heterocycles. The van der Waals surface area contributed by atoms with Crippen molar-refractivity contribution in [1.29, 1.82) is 0 Å². The summed E-state index contributed by atoms with van der Waals surface area (Å²) in [5.41, 5.74) is 0. The van der Waals surface area contributed by atoms with Crippen molar-refractivity contribution in [3.63, 3.8) is 0 Å². The fourth-order valence-corrected chi connectivity index (χ4v) is 3.13. The van der Waals surface area contributed by atoms with E-state index in [1.165, 1.54) is 19.3 Å². The highest BCUT2D eigenvalue weighted by Gasteiger charge is 2.32. The van der Waals surface area contributed by atoms with Crippen LogP contribution in [0.5, 0.6) is 0 Å². The topological polar surface area (TPSA) is 64.1 Å². The molecule has 1 amide bonds. The molecule has 0 unspecified atom stereocenters. The first-order valence-electron chi connectivity index (χ1n) is 8.01. The zero-order valence-corrected chi connectivity index (χ0v) is 13.0. The van der Waals surface area contributed by atoms with Crippen molar-refractivity contribution in [3.8, 4) is 0 Å². The van der Waals surface area contributed by atoms with Gasteiger partial charge < -0.3 is 10.0 Å². The lowest BCUT2D eigenvalue weighted by Gasteiger charge is -2.38. The molecule has 2 aliphatic rings. The zero-order chi connectivity index (χ0) is 15.2. The third-order valence-corrected chi connectivity index (χ3v) is 4.59. The van der Waals surface area contributed by atoms with Gasteiger partial charge in [0.1, 0.15) is 6.04 Å². The summed E-state index contributed by atoms with van der Waals surface area (Å²) in [6, 6.07) is -0.574. The van der Waals surface area contributed by atoms with Crippen LogP contribution in [0.4, 0.5) is 0 Å². The van der Waals surface area contributed by atoms with E-state index in [0.29, 0.717) is 26.2 Å². The lowest BCUT2D eigenvalue weighted by molar-refractivity contribution is -0.148. The number of nitrogens with zero attached hydrogens (tertiary/aromatic N) is 3. The summed E-state index contributed by atoms with van der Waals surface area (Å²) < 4.78 is 0. The number of likely N-dealkylation sites (tertiary alicyclic amines) is 1. The number of amides is 1. The Morgan fingerprint density at radius 2 is 1.62 bits per heavy atom. The highest BCUT2D eigenvalue weighted by atomic mass is 16.4.